The predicted octanol–water partition coefficient (Wildman–Crippen LogP) is 2.37. The van der Waals surface area contributed by atoms with Crippen LogP contribution in [0.15, 0.2) is 18.5 Å². The van der Waals surface area contributed by atoms with E-state index in [-0.39, 0.29) is 34.2 Å². The van der Waals surface area contributed by atoms with Gasteiger partial charge in [-0.25, -0.2) is 14.6 Å². The number of carbonyl (C=O) groups is 2. The maximum absolute atomic E-state index is 12.4. The summed E-state index contributed by atoms with van der Waals surface area (Å²) >= 11 is 6.18. The van der Waals surface area contributed by atoms with Crippen LogP contribution in [0.2, 0.25) is 5.15 Å². The van der Waals surface area contributed by atoms with Crippen molar-refractivity contribution in [3.8, 4) is 0 Å². The fourth-order valence-electron chi connectivity index (χ4n) is 3.32. The van der Waals surface area contributed by atoms with Gasteiger partial charge in [-0.05, 0) is 32.8 Å². The summed E-state index contributed by atoms with van der Waals surface area (Å²) in [6, 6.07) is -0.458. The highest BCUT2D eigenvalue weighted by Gasteiger charge is 2.38. The van der Waals surface area contributed by atoms with Crippen molar-refractivity contribution in [2.24, 2.45) is 5.92 Å². The van der Waals surface area contributed by atoms with Gasteiger partial charge in [-0.15, -0.1) is 4.90 Å². The molecule has 30 heavy (non-hydrogen) atoms. The minimum Gasteiger partial charge on any atom is -0.464 e. The fraction of sp³-hybridized carbons (Fsp3) is 0.500. The second kappa shape index (κ2) is 7.82. The minimum atomic E-state index is -1.65. The number of carbonyl (C=O) groups excluding carboxylic acids is 1. The van der Waals surface area contributed by atoms with Crippen LogP contribution in [0, 0.1) is 5.92 Å². The van der Waals surface area contributed by atoms with E-state index in [2.05, 4.69) is 21.5 Å². The molecule has 3 atom stereocenters. The summed E-state index contributed by atoms with van der Waals surface area (Å²) in [6.45, 7) is 8.45. The Bertz CT molecular complexity index is 1020. The van der Waals surface area contributed by atoms with Gasteiger partial charge in [0, 0.05) is 5.92 Å². The zero-order chi connectivity index (χ0) is 22.4. The van der Waals surface area contributed by atoms with E-state index in [4.69, 9.17) is 16.3 Å². The van der Waals surface area contributed by atoms with Crippen LogP contribution in [0.5, 0.6) is 0 Å². The number of rotatable bonds is 3. The molecule has 2 aromatic heterocycles. The van der Waals surface area contributed by atoms with Crippen LogP contribution in [0.4, 0.5) is 15.5 Å². The van der Waals surface area contributed by atoms with Crippen LogP contribution < -0.4 is 4.90 Å². The van der Waals surface area contributed by atoms with Gasteiger partial charge in [-0.1, -0.05) is 18.2 Å². The topological polar surface area (TPSA) is 151 Å². The first-order valence-corrected chi connectivity index (χ1v) is 9.46. The molecule has 162 valence electrons. The number of imidazole rings is 1. The summed E-state index contributed by atoms with van der Waals surface area (Å²) in [5.41, 5.74) is -0.0402. The van der Waals surface area contributed by atoms with E-state index in [0.717, 1.165) is 0 Å². The summed E-state index contributed by atoms with van der Waals surface area (Å²) in [7, 11) is 0. The van der Waals surface area contributed by atoms with Crippen molar-refractivity contribution in [1.82, 2.24) is 19.5 Å². The Hall–Kier alpha value is -2.76. The summed E-state index contributed by atoms with van der Waals surface area (Å²) < 4.78 is 6.68. The lowest BCUT2D eigenvalue weighted by Gasteiger charge is -2.23. The summed E-state index contributed by atoms with van der Waals surface area (Å²) in [5.74, 6) is -1.01. The molecule has 1 aliphatic rings. The Kier molecular flexibility index (Phi) is 5.72. The number of imide groups is 1. The molecule has 0 aromatic carbocycles. The number of ether oxygens (including phenoxy) is 1. The molecular weight excluding hydrogens is 418 g/mol. The van der Waals surface area contributed by atoms with E-state index in [1.807, 2.05) is 0 Å². The lowest BCUT2D eigenvalue weighted by Crippen LogP contribution is -2.41. The Morgan fingerprint density at radius 1 is 1.40 bits per heavy atom. The zero-order valence-corrected chi connectivity index (χ0v) is 17.4. The molecular formula is C18H22ClN5O6. The number of carboxylic acid groups (broad SMARTS) is 1. The third kappa shape index (κ3) is 3.95. The molecule has 3 N–H and O–H groups in total. The van der Waals surface area contributed by atoms with Crippen molar-refractivity contribution in [3.63, 3.8) is 0 Å². The van der Waals surface area contributed by atoms with Gasteiger partial charge in [-0.3, -0.25) is 0 Å². The van der Waals surface area contributed by atoms with E-state index < -0.39 is 41.8 Å². The summed E-state index contributed by atoms with van der Waals surface area (Å²) in [6.07, 6.45) is -1.97. The third-order valence-corrected chi connectivity index (χ3v) is 4.96. The van der Waals surface area contributed by atoms with Crippen molar-refractivity contribution in [3.05, 3.63) is 23.6 Å². The van der Waals surface area contributed by atoms with Crippen molar-refractivity contribution in [1.29, 1.82) is 0 Å². The van der Waals surface area contributed by atoms with E-state index in [1.54, 1.807) is 25.3 Å². The molecule has 0 spiro atoms. The summed E-state index contributed by atoms with van der Waals surface area (Å²) in [5, 5.41) is 29.1. The molecule has 0 bridgehead atoms. The molecule has 3 rings (SSSR count). The highest BCUT2D eigenvalue weighted by Crippen LogP contribution is 2.40. The molecule has 2 heterocycles. The van der Waals surface area contributed by atoms with Crippen LogP contribution in [0.3, 0.4) is 0 Å². The molecule has 12 heteroatoms. The number of hydrogen-bond acceptors (Lipinski definition) is 8. The smallest absolute Gasteiger partial charge is 0.427 e. The van der Waals surface area contributed by atoms with Crippen LogP contribution in [-0.2, 0) is 4.74 Å². The Morgan fingerprint density at radius 3 is 2.60 bits per heavy atom. The lowest BCUT2D eigenvalue weighted by atomic mass is 10.0. The number of anilines is 1. The zero-order valence-electron chi connectivity index (χ0n) is 16.6. The molecule has 1 fully saturated rings. The van der Waals surface area contributed by atoms with Crippen molar-refractivity contribution in [2.45, 2.75) is 44.9 Å². The van der Waals surface area contributed by atoms with Crippen molar-refractivity contribution >= 4 is 40.9 Å². The van der Waals surface area contributed by atoms with Gasteiger partial charge in [0.1, 0.15) is 11.1 Å². The number of hydrogen-bond donors (Lipinski definition) is 3. The number of aliphatic hydroxyl groups excluding tert-OH is 2. The van der Waals surface area contributed by atoms with Crippen LogP contribution in [-0.4, -0.2) is 65.3 Å². The second-order valence-corrected chi connectivity index (χ2v) is 8.28. The van der Waals surface area contributed by atoms with Gasteiger partial charge in [0.2, 0.25) is 5.95 Å². The summed E-state index contributed by atoms with van der Waals surface area (Å²) in [4.78, 5) is 36.6. The van der Waals surface area contributed by atoms with Gasteiger partial charge >= 0.3 is 12.2 Å². The highest BCUT2D eigenvalue weighted by atomic mass is 35.5. The normalized spacial score (nSPS) is 21.8. The predicted molar refractivity (Wildman–Crippen MR) is 106 cm³/mol. The molecule has 0 saturated heterocycles. The number of aromatic nitrogens is 4. The SMILES string of the molecule is C=C1[C@H](CO)[C@@H](O)C[C@@H]1n1cnc2c(Cl)nc(N(C(=O)O)C(=O)OC(C)(C)C)nc21. The monoisotopic (exact) mass is 439 g/mol. The van der Waals surface area contributed by atoms with Gasteiger partial charge < -0.3 is 24.6 Å². The van der Waals surface area contributed by atoms with Gasteiger partial charge in [0.05, 0.1) is 25.1 Å². The van der Waals surface area contributed by atoms with Gasteiger partial charge in [0.15, 0.2) is 10.8 Å². The first-order chi connectivity index (χ1) is 13.9. The van der Waals surface area contributed by atoms with E-state index >= 15 is 0 Å². The second-order valence-electron chi connectivity index (χ2n) is 7.92. The Balaban J connectivity index is 2.08. The van der Waals surface area contributed by atoms with Crippen molar-refractivity contribution in [2.75, 3.05) is 11.5 Å². The minimum absolute atomic E-state index is 0.150. The average molecular weight is 440 g/mol. The van der Waals surface area contributed by atoms with E-state index in [0.29, 0.717) is 5.57 Å². The molecule has 2 amide bonds. The third-order valence-electron chi connectivity index (χ3n) is 4.70. The number of amides is 2. The maximum atomic E-state index is 12.4. The molecule has 0 radical (unpaired) electrons. The molecule has 1 aliphatic carbocycles. The standard InChI is InChI=1S/C18H22ClN5O6/c1-8-9(6-25)11(26)5-10(8)23-7-20-12-13(19)21-15(22-14(12)23)24(16(27)28)17(29)30-18(2,3)4/h7,9-11,25-26H,1,5-6H2,2-4H3,(H,27,28)/t9-,10-,11-/m0/s1. The Morgan fingerprint density at radius 2 is 2.07 bits per heavy atom. The van der Waals surface area contributed by atoms with Crippen LogP contribution >= 0.6 is 11.6 Å². The van der Waals surface area contributed by atoms with Crippen molar-refractivity contribution < 1.29 is 29.6 Å². The molecule has 2 aromatic rings. The number of nitrogens with zero attached hydrogens (tertiary/aromatic N) is 5. The number of aliphatic hydroxyl groups is 2. The Labute approximate surface area is 176 Å². The fourth-order valence-corrected chi connectivity index (χ4v) is 3.53. The largest absolute Gasteiger partial charge is 0.464 e. The molecule has 0 unspecified atom stereocenters. The number of fused-ring (bicyclic) bond motifs is 1. The molecule has 11 nitrogen and oxygen atoms in total. The van der Waals surface area contributed by atoms with Gasteiger partial charge in [-0.2, -0.15) is 9.97 Å². The quantitative estimate of drug-likeness (QED) is 0.483. The van der Waals surface area contributed by atoms with Gasteiger partial charge in [0.25, 0.3) is 0 Å². The first-order valence-electron chi connectivity index (χ1n) is 9.08. The first kappa shape index (κ1) is 21.9. The highest BCUT2D eigenvalue weighted by molar-refractivity contribution is 6.33. The molecule has 1 saturated carbocycles. The van der Waals surface area contributed by atoms with E-state index in [1.165, 1.54) is 6.33 Å². The van der Waals surface area contributed by atoms with Crippen LogP contribution in [0.1, 0.15) is 33.2 Å². The van der Waals surface area contributed by atoms with Crippen LogP contribution in [0.25, 0.3) is 11.2 Å². The lowest BCUT2D eigenvalue weighted by molar-refractivity contribution is 0.0579. The maximum Gasteiger partial charge on any atom is 0.427 e. The number of halogens is 1. The average Bonchev–Trinajstić information content (AvgIpc) is 3.13. The molecule has 0 aliphatic heterocycles. The van der Waals surface area contributed by atoms with E-state index in [9.17, 15) is 24.9 Å².